The van der Waals surface area contributed by atoms with Crippen molar-refractivity contribution in [2.75, 3.05) is 25.6 Å². The van der Waals surface area contributed by atoms with Gasteiger partial charge in [0.1, 0.15) is 0 Å². The van der Waals surface area contributed by atoms with Gasteiger partial charge in [0.05, 0.1) is 30.5 Å². The van der Waals surface area contributed by atoms with Crippen LogP contribution < -0.4 is 10.1 Å². The number of nitrogens with zero attached hydrogens (tertiary/aromatic N) is 1. The van der Waals surface area contributed by atoms with E-state index in [0.717, 1.165) is 12.8 Å². The average Bonchev–Trinajstić information content (AvgIpc) is 2.47. The maximum absolute atomic E-state index is 12.5. The molecule has 1 aromatic rings. The second kappa shape index (κ2) is 7.00. The van der Waals surface area contributed by atoms with E-state index in [-0.39, 0.29) is 24.6 Å². The Hall–Kier alpha value is -1.46. The third-order valence-corrected chi connectivity index (χ3v) is 4.27. The molecule has 2 atom stereocenters. The number of nitrogens with one attached hydrogen (secondary N) is 1. The summed E-state index contributed by atoms with van der Waals surface area (Å²) in [7, 11) is 1.51. The number of likely N-dealkylation sites (tertiary alicyclic amines) is 1. The Kier molecular flexibility index (Phi) is 5.31. The lowest BCUT2D eigenvalue weighted by atomic mass is 9.91. The minimum Gasteiger partial charge on any atom is -0.493 e. The number of benzene rings is 1. The number of aliphatic hydroxyl groups is 1. The zero-order valence-electron chi connectivity index (χ0n) is 12.3. The molecule has 0 spiro atoms. The van der Waals surface area contributed by atoms with E-state index in [1.165, 1.54) is 7.11 Å². The number of ether oxygens (including phenoxy) is 1. The molecule has 6 heteroatoms. The number of hydrogen-bond acceptors (Lipinski definition) is 3. The largest absolute Gasteiger partial charge is 0.493 e. The van der Waals surface area contributed by atoms with Crippen LogP contribution in [0.1, 0.15) is 19.8 Å². The van der Waals surface area contributed by atoms with Crippen LogP contribution in [0.5, 0.6) is 5.75 Å². The Labute approximate surface area is 129 Å². The van der Waals surface area contributed by atoms with Gasteiger partial charge >= 0.3 is 6.03 Å². The quantitative estimate of drug-likeness (QED) is 0.902. The third-order valence-electron chi connectivity index (χ3n) is 3.98. The number of aliphatic hydroxyl groups excluding tert-OH is 1. The number of halogens is 1. The molecule has 0 saturated carbocycles. The van der Waals surface area contributed by atoms with E-state index in [2.05, 4.69) is 12.2 Å². The van der Waals surface area contributed by atoms with Crippen molar-refractivity contribution in [2.45, 2.75) is 25.8 Å². The molecule has 2 N–H and O–H groups in total. The number of carbonyl (C=O) groups is 1. The number of urea groups is 1. The van der Waals surface area contributed by atoms with Crippen LogP contribution in [0.25, 0.3) is 0 Å². The zero-order chi connectivity index (χ0) is 15.4. The van der Waals surface area contributed by atoms with Crippen LogP contribution in [0.4, 0.5) is 10.5 Å². The topological polar surface area (TPSA) is 61.8 Å². The molecule has 1 heterocycles. The van der Waals surface area contributed by atoms with E-state index >= 15 is 0 Å². The maximum Gasteiger partial charge on any atom is 0.322 e. The van der Waals surface area contributed by atoms with Gasteiger partial charge in [-0.15, -0.1) is 0 Å². The van der Waals surface area contributed by atoms with Crippen molar-refractivity contribution in [3.8, 4) is 5.75 Å². The van der Waals surface area contributed by atoms with Gasteiger partial charge in [-0.2, -0.15) is 0 Å². The van der Waals surface area contributed by atoms with Crippen LogP contribution in [-0.4, -0.2) is 42.3 Å². The molecule has 1 saturated heterocycles. The fourth-order valence-corrected chi connectivity index (χ4v) is 3.03. The van der Waals surface area contributed by atoms with Crippen molar-refractivity contribution in [1.29, 1.82) is 0 Å². The molecule has 2 rings (SSSR count). The predicted molar refractivity (Wildman–Crippen MR) is 83.0 cm³/mol. The summed E-state index contributed by atoms with van der Waals surface area (Å²) in [6.45, 7) is 2.67. The summed E-state index contributed by atoms with van der Waals surface area (Å²) in [6, 6.07) is 4.81. The number of hydrogen-bond donors (Lipinski definition) is 2. The highest BCUT2D eigenvalue weighted by atomic mass is 35.5. The smallest absolute Gasteiger partial charge is 0.322 e. The molecule has 21 heavy (non-hydrogen) atoms. The lowest BCUT2D eigenvalue weighted by Gasteiger charge is -2.38. The molecule has 1 aliphatic heterocycles. The molecule has 1 aliphatic rings. The molecule has 0 bridgehead atoms. The monoisotopic (exact) mass is 312 g/mol. The number of methoxy groups -OCH3 is 1. The molecular formula is C15H21ClN2O3. The zero-order valence-corrected chi connectivity index (χ0v) is 13.1. The Balaban J connectivity index is 2.16. The minimum atomic E-state index is -0.235. The summed E-state index contributed by atoms with van der Waals surface area (Å²) in [6.07, 6.45) is 1.97. The molecule has 116 valence electrons. The van der Waals surface area contributed by atoms with E-state index in [0.29, 0.717) is 23.0 Å². The van der Waals surface area contributed by atoms with Gasteiger partial charge in [0.2, 0.25) is 0 Å². The first kappa shape index (κ1) is 15.9. The van der Waals surface area contributed by atoms with Crippen LogP contribution in [0, 0.1) is 5.92 Å². The van der Waals surface area contributed by atoms with E-state index in [1.54, 1.807) is 23.1 Å². The van der Waals surface area contributed by atoms with Crippen molar-refractivity contribution in [2.24, 2.45) is 5.92 Å². The maximum atomic E-state index is 12.5. The first-order valence-electron chi connectivity index (χ1n) is 7.09. The summed E-state index contributed by atoms with van der Waals surface area (Å²) in [5.74, 6) is 0.730. The summed E-state index contributed by atoms with van der Waals surface area (Å²) in [5.41, 5.74) is 0.532. The molecule has 0 aromatic heterocycles. The van der Waals surface area contributed by atoms with E-state index < -0.39 is 0 Å². The lowest BCUT2D eigenvalue weighted by Crippen LogP contribution is -2.51. The van der Waals surface area contributed by atoms with E-state index in [9.17, 15) is 9.90 Å². The number of anilines is 1. The fraction of sp³-hybridized carbons (Fsp3) is 0.533. The van der Waals surface area contributed by atoms with Gasteiger partial charge in [0, 0.05) is 6.54 Å². The SMILES string of the molecule is COc1c(Cl)cccc1NC(=O)N1CCCC(C)C1CO. The molecular weight excluding hydrogens is 292 g/mol. The van der Waals surface area contributed by atoms with Gasteiger partial charge in [-0.3, -0.25) is 0 Å². The fourth-order valence-electron chi connectivity index (χ4n) is 2.78. The van der Waals surface area contributed by atoms with Crippen LogP contribution >= 0.6 is 11.6 Å². The first-order chi connectivity index (χ1) is 10.1. The normalized spacial score (nSPS) is 22.0. The molecule has 2 amide bonds. The number of amides is 2. The Morgan fingerprint density at radius 2 is 2.33 bits per heavy atom. The van der Waals surface area contributed by atoms with Gasteiger partial charge in [0.15, 0.2) is 5.75 Å². The van der Waals surface area contributed by atoms with Crippen molar-refractivity contribution in [3.63, 3.8) is 0 Å². The predicted octanol–water partition coefficient (Wildman–Crippen LogP) is 2.97. The lowest BCUT2D eigenvalue weighted by molar-refractivity contribution is 0.0811. The standard InChI is InChI=1S/C15H21ClN2O3/c1-10-5-4-8-18(13(10)9-19)15(20)17-12-7-3-6-11(16)14(12)21-2/h3,6-7,10,13,19H,4-5,8-9H2,1-2H3,(H,17,20). The average molecular weight is 313 g/mol. The van der Waals surface area contributed by atoms with Gasteiger partial charge in [0.25, 0.3) is 0 Å². The van der Waals surface area contributed by atoms with Gasteiger partial charge in [-0.1, -0.05) is 24.6 Å². The summed E-state index contributed by atoms with van der Waals surface area (Å²) < 4.78 is 5.22. The molecule has 5 nitrogen and oxygen atoms in total. The van der Waals surface area contributed by atoms with Crippen molar-refractivity contribution < 1.29 is 14.6 Å². The highest BCUT2D eigenvalue weighted by Gasteiger charge is 2.31. The van der Waals surface area contributed by atoms with Crippen LogP contribution in [0.3, 0.4) is 0 Å². The Bertz CT molecular complexity index is 510. The van der Waals surface area contributed by atoms with Crippen LogP contribution in [-0.2, 0) is 0 Å². The van der Waals surface area contributed by atoms with Crippen LogP contribution in [0.15, 0.2) is 18.2 Å². The second-order valence-electron chi connectivity index (χ2n) is 5.31. The highest BCUT2D eigenvalue weighted by molar-refractivity contribution is 6.32. The number of piperidine rings is 1. The van der Waals surface area contributed by atoms with Gasteiger partial charge in [-0.05, 0) is 30.9 Å². The number of carbonyl (C=O) groups excluding carboxylic acids is 1. The van der Waals surface area contributed by atoms with Crippen LogP contribution in [0.2, 0.25) is 5.02 Å². The molecule has 1 aromatic carbocycles. The summed E-state index contributed by atoms with van der Waals surface area (Å²) >= 11 is 6.05. The Morgan fingerprint density at radius 3 is 3.00 bits per heavy atom. The van der Waals surface area contributed by atoms with Gasteiger partial charge < -0.3 is 20.1 Å². The van der Waals surface area contributed by atoms with E-state index in [4.69, 9.17) is 16.3 Å². The molecule has 0 radical (unpaired) electrons. The minimum absolute atomic E-state index is 0.0265. The first-order valence-corrected chi connectivity index (χ1v) is 7.47. The summed E-state index contributed by atoms with van der Waals surface area (Å²) in [5, 5.41) is 12.8. The number of para-hydroxylation sites is 1. The second-order valence-corrected chi connectivity index (χ2v) is 5.72. The third kappa shape index (κ3) is 3.41. The summed E-state index contributed by atoms with van der Waals surface area (Å²) in [4.78, 5) is 14.2. The molecule has 2 unspecified atom stereocenters. The van der Waals surface area contributed by atoms with Gasteiger partial charge in [-0.25, -0.2) is 4.79 Å². The van der Waals surface area contributed by atoms with Crippen molar-refractivity contribution >= 4 is 23.3 Å². The van der Waals surface area contributed by atoms with E-state index in [1.807, 2.05) is 0 Å². The highest BCUT2D eigenvalue weighted by Crippen LogP contribution is 2.33. The van der Waals surface area contributed by atoms with Crippen molar-refractivity contribution in [3.05, 3.63) is 23.2 Å². The molecule has 0 aliphatic carbocycles. The Morgan fingerprint density at radius 1 is 1.57 bits per heavy atom. The number of rotatable bonds is 3. The molecule has 1 fully saturated rings. The van der Waals surface area contributed by atoms with Crippen molar-refractivity contribution in [1.82, 2.24) is 4.90 Å².